The molecule has 0 saturated carbocycles. The summed E-state index contributed by atoms with van der Waals surface area (Å²) in [7, 11) is 5.63. The Labute approximate surface area is 231 Å². The molecule has 0 unspecified atom stereocenters. The molecule has 1 aromatic heterocycles. The predicted molar refractivity (Wildman–Crippen MR) is 150 cm³/mol. The topological polar surface area (TPSA) is 98.8 Å². The molecule has 0 aliphatic carbocycles. The van der Waals surface area contributed by atoms with E-state index >= 15 is 0 Å². The second-order valence-electron chi connectivity index (χ2n) is 8.94. The van der Waals surface area contributed by atoms with Gasteiger partial charge in [0.25, 0.3) is 0 Å². The van der Waals surface area contributed by atoms with Crippen molar-refractivity contribution in [2.24, 2.45) is 0 Å². The summed E-state index contributed by atoms with van der Waals surface area (Å²) >= 11 is 5.13. The molecule has 3 N–H and O–H groups in total. The Morgan fingerprint density at radius 1 is 0.974 bits per heavy atom. The molecule has 0 bridgehead atoms. The Morgan fingerprint density at radius 3 is 2.41 bits per heavy atom. The third kappa shape index (κ3) is 9.91. The van der Waals surface area contributed by atoms with Gasteiger partial charge in [-0.15, -0.1) is 0 Å². The van der Waals surface area contributed by atoms with E-state index in [0.717, 1.165) is 13.0 Å². The molecule has 3 rings (SSSR count). The van der Waals surface area contributed by atoms with Crippen molar-refractivity contribution in [3.05, 3.63) is 78.0 Å². The normalized spacial score (nSPS) is 10.6. The lowest BCUT2D eigenvalue weighted by Crippen LogP contribution is -2.35. The van der Waals surface area contributed by atoms with E-state index in [1.54, 1.807) is 11.9 Å². The predicted octanol–water partition coefficient (Wildman–Crippen LogP) is 4.62. The summed E-state index contributed by atoms with van der Waals surface area (Å²) in [5, 5.41) is 7.92. The zero-order chi connectivity index (χ0) is 28.4. The Kier molecular flexibility index (Phi) is 10.6. The van der Waals surface area contributed by atoms with Gasteiger partial charge in [0.05, 0.1) is 6.42 Å². The van der Waals surface area contributed by atoms with Gasteiger partial charge in [-0.2, -0.15) is 0 Å². The van der Waals surface area contributed by atoms with Crippen molar-refractivity contribution >= 4 is 40.8 Å². The van der Waals surface area contributed by atoms with Crippen molar-refractivity contribution < 1.29 is 23.1 Å². The SMILES string of the molecule is CN(C)CCCN(C)C(=O)Nc1cc(Oc2ccc(NC(=S)NC(=O)Cc3ccc(F)cc3)cc2F)ccn1. The molecule has 3 amide bonds. The average molecular weight is 557 g/mol. The summed E-state index contributed by atoms with van der Waals surface area (Å²) in [6.45, 7) is 1.43. The lowest BCUT2D eigenvalue weighted by Gasteiger charge is -2.19. The highest BCUT2D eigenvalue weighted by Crippen LogP contribution is 2.27. The first-order valence-electron chi connectivity index (χ1n) is 12.0. The van der Waals surface area contributed by atoms with Crippen LogP contribution in [0.5, 0.6) is 11.5 Å². The quantitative estimate of drug-likeness (QED) is 0.314. The van der Waals surface area contributed by atoms with Crippen molar-refractivity contribution in [3.8, 4) is 11.5 Å². The number of hydrogen-bond donors (Lipinski definition) is 3. The number of thiocarbonyl (C=S) groups is 1. The number of amides is 3. The van der Waals surface area contributed by atoms with Crippen LogP contribution >= 0.6 is 12.2 Å². The highest BCUT2D eigenvalue weighted by molar-refractivity contribution is 7.80. The lowest BCUT2D eigenvalue weighted by molar-refractivity contribution is -0.119. The number of nitrogens with zero attached hydrogens (tertiary/aromatic N) is 3. The molecule has 0 aliphatic heterocycles. The molecule has 2 aromatic carbocycles. The van der Waals surface area contributed by atoms with E-state index in [1.165, 1.54) is 60.8 Å². The summed E-state index contributed by atoms with van der Waals surface area (Å²) in [4.78, 5) is 32.3. The number of pyridine rings is 1. The van der Waals surface area contributed by atoms with E-state index < -0.39 is 17.5 Å². The number of carbonyl (C=O) groups is 2. The smallest absolute Gasteiger partial charge is 0.322 e. The standard InChI is InChI=1S/C27H30F2N6O3S/c1-34(2)13-4-14-35(3)27(37)32-24-17-21(11-12-30-24)38-23-10-9-20(16-22(23)29)31-26(39)33-25(36)15-18-5-7-19(28)8-6-18/h5-12,16-17H,4,13-15H2,1-3H3,(H,30,32,37)(H2,31,33,36,39). The number of rotatable bonds is 10. The first-order valence-corrected chi connectivity index (χ1v) is 12.5. The molecule has 3 aromatic rings. The van der Waals surface area contributed by atoms with Gasteiger partial charge in [0, 0.05) is 37.6 Å². The van der Waals surface area contributed by atoms with Crippen LogP contribution in [0.25, 0.3) is 0 Å². The minimum Gasteiger partial charge on any atom is -0.454 e. The van der Waals surface area contributed by atoms with Crippen molar-refractivity contribution in [3.63, 3.8) is 0 Å². The van der Waals surface area contributed by atoms with Gasteiger partial charge < -0.3 is 25.2 Å². The van der Waals surface area contributed by atoms with Crippen LogP contribution in [-0.2, 0) is 11.2 Å². The van der Waals surface area contributed by atoms with Crippen LogP contribution in [0.1, 0.15) is 12.0 Å². The van der Waals surface area contributed by atoms with Crippen molar-refractivity contribution in [1.82, 2.24) is 20.1 Å². The summed E-state index contributed by atoms with van der Waals surface area (Å²) in [5.41, 5.74) is 0.919. The monoisotopic (exact) mass is 556 g/mol. The Morgan fingerprint density at radius 2 is 1.72 bits per heavy atom. The van der Waals surface area contributed by atoms with E-state index in [-0.39, 0.29) is 34.9 Å². The molecule has 1 heterocycles. The number of aromatic nitrogens is 1. The molecular weight excluding hydrogens is 526 g/mol. The van der Waals surface area contributed by atoms with Crippen LogP contribution in [0, 0.1) is 11.6 Å². The zero-order valence-electron chi connectivity index (χ0n) is 21.8. The van der Waals surface area contributed by atoms with E-state index in [2.05, 4.69) is 20.9 Å². The summed E-state index contributed by atoms with van der Waals surface area (Å²) < 4.78 is 33.4. The largest absolute Gasteiger partial charge is 0.454 e. The fourth-order valence-corrected chi connectivity index (χ4v) is 3.61. The second-order valence-corrected chi connectivity index (χ2v) is 9.35. The molecule has 0 saturated heterocycles. The molecule has 12 heteroatoms. The van der Waals surface area contributed by atoms with Gasteiger partial charge in [-0.1, -0.05) is 12.1 Å². The number of urea groups is 1. The van der Waals surface area contributed by atoms with Crippen LogP contribution in [0.2, 0.25) is 0 Å². The second kappa shape index (κ2) is 14.1. The fourth-order valence-electron chi connectivity index (χ4n) is 3.38. The molecule has 0 radical (unpaired) electrons. The summed E-state index contributed by atoms with van der Waals surface area (Å²) in [5.74, 6) is -0.994. The first kappa shape index (κ1) is 29.4. The molecule has 206 valence electrons. The van der Waals surface area contributed by atoms with E-state index in [0.29, 0.717) is 17.8 Å². The molecule has 0 aliphatic rings. The van der Waals surface area contributed by atoms with Gasteiger partial charge >= 0.3 is 6.03 Å². The van der Waals surface area contributed by atoms with Gasteiger partial charge in [-0.25, -0.2) is 18.6 Å². The first-order chi connectivity index (χ1) is 18.6. The number of nitrogens with one attached hydrogen (secondary N) is 3. The van der Waals surface area contributed by atoms with E-state index in [4.69, 9.17) is 17.0 Å². The third-order valence-electron chi connectivity index (χ3n) is 5.36. The van der Waals surface area contributed by atoms with Crippen LogP contribution < -0.4 is 20.7 Å². The Hall–Kier alpha value is -4.16. The van der Waals surface area contributed by atoms with Crippen molar-refractivity contribution in [1.29, 1.82) is 0 Å². The number of anilines is 2. The highest BCUT2D eigenvalue weighted by atomic mass is 32.1. The van der Waals surface area contributed by atoms with Crippen LogP contribution in [0.15, 0.2) is 60.8 Å². The molecule has 0 fully saturated rings. The summed E-state index contributed by atoms with van der Waals surface area (Å²) in [6, 6.07) is 12.3. The molecular formula is C27H30F2N6O3S. The zero-order valence-corrected chi connectivity index (χ0v) is 22.6. The number of benzene rings is 2. The third-order valence-corrected chi connectivity index (χ3v) is 5.56. The van der Waals surface area contributed by atoms with Crippen LogP contribution in [-0.4, -0.2) is 66.1 Å². The Balaban J connectivity index is 1.53. The molecule has 0 spiro atoms. The number of halogens is 2. The maximum Gasteiger partial charge on any atom is 0.322 e. The Bertz CT molecular complexity index is 1310. The van der Waals surface area contributed by atoms with E-state index in [1.807, 2.05) is 19.0 Å². The van der Waals surface area contributed by atoms with Crippen molar-refractivity contribution in [2.75, 3.05) is 44.9 Å². The number of carbonyl (C=O) groups excluding carboxylic acids is 2. The van der Waals surface area contributed by atoms with Crippen molar-refractivity contribution in [2.45, 2.75) is 12.8 Å². The number of hydrogen-bond acceptors (Lipinski definition) is 6. The molecule has 9 nitrogen and oxygen atoms in total. The molecule has 0 atom stereocenters. The minimum atomic E-state index is -0.677. The van der Waals surface area contributed by atoms with Crippen LogP contribution in [0.3, 0.4) is 0 Å². The highest BCUT2D eigenvalue weighted by Gasteiger charge is 2.12. The summed E-state index contributed by atoms with van der Waals surface area (Å²) in [6.07, 6.45) is 2.27. The van der Waals surface area contributed by atoms with Gasteiger partial charge in [-0.3, -0.25) is 10.1 Å². The van der Waals surface area contributed by atoms with Gasteiger partial charge in [-0.05, 0) is 75.2 Å². The maximum atomic E-state index is 14.7. The van der Waals surface area contributed by atoms with Gasteiger partial charge in [0.1, 0.15) is 17.4 Å². The minimum absolute atomic E-state index is 0.00432. The fraction of sp³-hybridized carbons (Fsp3) is 0.259. The molecule has 39 heavy (non-hydrogen) atoms. The average Bonchev–Trinajstić information content (AvgIpc) is 2.87. The lowest BCUT2D eigenvalue weighted by atomic mass is 10.1. The maximum absolute atomic E-state index is 14.7. The van der Waals surface area contributed by atoms with E-state index in [9.17, 15) is 18.4 Å². The number of ether oxygens (including phenoxy) is 1. The van der Waals surface area contributed by atoms with Gasteiger partial charge in [0.2, 0.25) is 5.91 Å². The van der Waals surface area contributed by atoms with Crippen LogP contribution in [0.4, 0.5) is 25.1 Å². The van der Waals surface area contributed by atoms with Gasteiger partial charge in [0.15, 0.2) is 16.7 Å².